The summed E-state index contributed by atoms with van der Waals surface area (Å²) >= 11 is 0. The quantitative estimate of drug-likeness (QED) is 0.811. The summed E-state index contributed by atoms with van der Waals surface area (Å²) in [5.41, 5.74) is 8.08. The Hall–Kier alpha value is -2.14. The Kier molecular flexibility index (Phi) is 4.90. The molecule has 0 bridgehead atoms. The number of hydrogen-bond donors (Lipinski definition) is 2. The van der Waals surface area contributed by atoms with Gasteiger partial charge < -0.3 is 11.1 Å². The third kappa shape index (κ3) is 4.20. The van der Waals surface area contributed by atoms with E-state index in [2.05, 4.69) is 10.4 Å². The average molecular weight is 272 g/mol. The maximum Gasteiger partial charge on any atom is 0.237 e. The number of nitrogens with two attached hydrogens (primary N) is 1. The maximum absolute atomic E-state index is 11.9. The maximum atomic E-state index is 11.9. The minimum atomic E-state index is -0.508. The van der Waals surface area contributed by atoms with Gasteiger partial charge in [-0.2, -0.15) is 5.10 Å². The van der Waals surface area contributed by atoms with E-state index in [1.54, 1.807) is 10.9 Å². The van der Waals surface area contributed by atoms with Crippen LogP contribution < -0.4 is 11.1 Å². The van der Waals surface area contributed by atoms with Crippen LogP contribution in [0.3, 0.4) is 0 Å². The molecule has 5 nitrogen and oxygen atoms in total. The Labute approximate surface area is 118 Å². The topological polar surface area (TPSA) is 72.9 Å². The molecule has 0 unspecified atom stereocenters. The summed E-state index contributed by atoms with van der Waals surface area (Å²) < 4.78 is 1.75. The number of rotatable bonds is 6. The first-order valence-corrected chi connectivity index (χ1v) is 6.70. The number of nitrogens with one attached hydrogen (secondary N) is 1. The molecule has 2 rings (SSSR count). The van der Waals surface area contributed by atoms with Gasteiger partial charge in [0.05, 0.1) is 12.2 Å². The van der Waals surface area contributed by atoms with E-state index in [0.29, 0.717) is 13.0 Å². The highest BCUT2D eigenvalue weighted by atomic mass is 16.2. The second-order valence-electron chi connectivity index (χ2n) is 4.86. The SMILES string of the molecule is Cn1cc(CCNC(=O)[C@@H](N)Cc2ccccc2)cn1. The molecule has 0 aliphatic carbocycles. The van der Waals surface area contributed by atoms with Gasteiger partial charge in [0.25, 0.3) is 0 Å². The Bertz CT molecular complexity index is 550. The van der Waals surface area contributed by atoms with E-state index in [1.165, 1.54) is 0 Å². The molecule has 0 aliphatic heterocycles. The highest BCUT2D eigenvalue weighted by Gasteiger charge is 2.13. The van der Waals surface area contributed by atoms with E-state index in [0.717, 1.165) is 17.5 Å². The molecule has 0 fully saturated rings. The number of benzene rings is 1. The van der Waals surface area contributed by atoms with Gasteiger partial charge in [0, 0.05) is 19.8 Å². The van der Waals surface area contributed by atoms with Gasteiger partial charge in [-0.15, -0.1) is 0 Å². The largest absolute Gasteiger partial charge is 0.354 e. The Balaban J connectivity index is 1.74. The van der Waals surface area contributed by atoms with Crippen molar-refractivity contribution in [3.63, 3.8) is 0 Å². The first kappa shape index (κ1) is 14.3. The summed E-state index contributed by atoms with van der Waals surface area (Å²) in [7, 11) is 1.87. The monoisotopic (exact) mass is 272 g/mol. The Morgan fingerprint density at radius 2 is 2.10 bits per heavy atom. The molecule has 1 heterocycles. The predicted molar refractivity (Wildman–Crippen MR) is 78.0 cm³/mol. The van der Waals surface area contributed by atoms with Crippen LogP contribution in [0.1, 0.15) is 11.1 Å². The molecular weight excluding hydrogens is 252 g/mol. The second-order valence-corrected chi connectivity index (χ2v) is 4.86. The van der Waals surface area contributed by atoms with Crippen molar-refractivity contribution in [2.24, 2.45) is 12.8 Å². The van der Waals surface area contributed by atoms with Gasteiger partial charge >= 0.3 is 0 Å². The number of aryl methyl sites for hydroxylation is 1. The van der Waals surface area contributed by atoms with Crippen molar-refractivity contribution in [1.82, 2.24) is 15.1 Å². The van der Waals surface area contributed by atoms with Crippen LogP contribution in [0.4, 0.5) is 0 Å². The average Bonchev–Trinajstić information content (AvgIpc) is 2.85. The molecule has 0 aliphatic rings. The van der Waals surface area contributed by atoms with Crippen LogP contribution >= 0.6 is 0 Å². The number of carbonyl (C=O) groups is 1. The van der Waals surface area contributed by atoms with E-state index >= 15 is 0 Å². The molecule has 20 heavy (non-hydrogen) atoms. The molecule has 1 amide bonds. The van der Waals surface area contributed by atoms with Crippen LogP contribution in [-0.2, 0) is 24.7 Å². The lowest BCUT2D eigenvalue weighted by Crippen LogP contribution is -2.42. The van der Waals surface area contributed by atoms with Gasteiger partial charge in [-0.05, 0) is 24.0 Å². The fourth-order valence-corrected chi connectivity index (χ4v) is 2.02. The van der Waals surface area contributed by atoms with E-state index in [1.807, 2.05) is 43.6 Å². The second kappa shape index (κ2) is 6.86. The standard InChI is InChI=1S/C15H20N4O/c1-19-11-13(10-18-19)7-8-17-15(20)14(16)9-12-5-3-2-4-6-12/h2-6,10-11,14H,7-9,16H2,1H3,(H,17,20)/t14-/m0/s1. The summed E-state index contributed by atoms with van der Waals surface area (Å²) in [6, 6.07) is 9.28. The molecule has 106 valence electrons. The molecule has 0 radical (unpaired) electrons. The number of hydrogen-bond acceptors (Lipinski definition) is 3. The van der Waals surface area contributed by atoms with Crippen LogP contribution in [-0.4, -0.2) is 28.3 Å². The lowest BCUT2D eigenvalue weighted by atomic mass is 10.1. The molecule has 2 aromatic rings. The van der Waals surface area contributed by atoms with Crippen LogP contribution in [0.5, 0.6) is 0 Å². The van der Waals surface area contributed by atoms with Crippen molar-refractivity contribution in [3.8, 4) is 0 Å². The molecular formula is C15H20N4O. The molecule has 0 spiro atoms. The molecule has 0 saturated heterocycles. The first-order chi connectivity index (χ1) is 9.65. The van der Waals surface area contributed by atoms with E-state index in [4.69, 9.17) is 5.73 Å². The van der Waals surface area contributed by atoms with Crippen molar-refractivity contribution < 1.29 is 4.79 Å². The highest BCUT2D eigenvalue weighted by molar-refractivity contribution is 5.81. The van der Waals surface area contributed by atoms with Crippen LogP contribution in [0.15, 0.2) is 42.7 Å². The third-order valence-electron chi connectivity index (χ3n) is 3.11. The lowest BCUT2D eigenvalue weighted by molar-refractivity contribution is -0.122. The zero-order valence-electron chi connectivity index (χ0n) is 11.6. The van der Waals surface area contributed by atoms with Crippen LogP contribution in [0, 0.1) is 0 Å². The number of aromatic nitrogens is 2. The van der Waals surface area contributed by atoms with Crippen LogP contribution in [0.2, 0.25) is 0 Å². The van der Waals surface area contributed by atoms with Gasteiger partial charge in [0.15, 0.2) is 0 Å². The van der Waals surface area contributed by atoms with Gasteiger partial charge in [0.1, 0.15) is 0 Å². The Morgan fingerprint density at radius 1 is 1.35 bits per heavy atom. The van der Waals surface area contributed by atoms with Gasteiger partial charge in [0.2, 0.25) is 5.91 Å². The molecule has 1 atom stereocenters. The van der Waals surface area contributed by atoms with Crippen LogP contribution in [0.25, 0.3) is 0 Å². The van der Waals surface area contributed by atoms with E-state index < -0.39 is 6.04 Å². The highest BCUT2D eigenvalue weighted by Crippen LogP contribution is 2.02. The number of nitrogens with zero attached hydrogens (tertiary/aromatic N) is 2. The first-order valence-electron chi connectivity index (χ1n) is 6.70. The van der Waals surface area contributed by atoms with Gasteiger partial charge in [-0.25, -0.2) is 0 Å². The van der Waals surface area contributed by atoms with Crippen molar-refractivity contribution in [1.29, 1.82) is 0 Å². The summed E-state index contributed by atoms with van der Waals surface area (Å²) in [6.07, 6.45) is 5.06. The zero-order chi connectivity index (χ0) is 14.4. The third-order valence-corrected chi connectivity index (χ3v) is 3.11. The van der Waals surface area contributed by atoms with Gasteiger partial charge in [-0.3, -0.25) is 9.48 Å². The smallest absolute Gasteiger partial charge is 0.237 e. The van der Waals surface area contributed by atoms with E-state index in [9.17, 15) is 4.79 Å². The summed E-state index contributed by atoms with van der Waals surface area (Å²) in [4.78, 5) is 11.9. The fourth-order valence-electron chi connectivity index (χ4n) is 2.02. The summed E-state index contributed by atoms with van der Waals surface area (Å²) in [5, 5.41) is 6.94. The summed E-state index contributed by atoms with van der Waals surface area (Å²) in [5.74, 6) is -0.113. The zero-order valence-corrected chi connectivity index (χ0v) is 11.6. The predicted octanol–water partition coefficient (Wildman–Crippen LogP) is 0.649. The normalized spacial score (nSPS) is 12.1. The number of carbonyl (C=O) groups excluding carboxylic acids is 1. The van der Waals surface area contributed by atoms with E-state index in [-0.39, 0.29) is 5.91 Å². The number of amides is 1. The van der Waals surface area contributed by atoms with Crippen molar-refractivity contribution in [2.45, 2.75) is 18.9 Å². The summed E-state index contributed by atoms with van der Waals surface area (Å²) in [6.45, 7) is 0.576. The molecule has 1 aromatic carbocycles. The molecule has 0 saturated carbocycles. The minimum absolute atomic E-state index is 0.113. The molecule has 1 aromatic heterocycles. The van der Waals surface area contributed by atoms with Crippen molar-refractivity contribution in [3.05, 3.63) is 53.9 Å². The van der Waals surface area contributed by atoms with Gasteiger partial charge in [-0.1, -0.05) is 30.3 Å². The lowest BCUT2D eigenvalue weighted by Gasteiger charge is -2.12. The molecule has 5 heteroatoms. The van der Waals surface area contributed by atoms with Crippen molar-refractivity contribution >= 4 is 5.91 Å². The Morgan fingerprint density at radius 3 is 2.75 bits per heavy atom. The van der Waals surface area contributed by atoms with Crippen molar-refractivity contribution in [2.75, 3.05) is 6.54 Å². The minimum Gasteiger partial charge on any atom is -0.354 e. The fraction of sp³-hybridized carbons (Fsp3) is 0.333. The molecule has 3 N–H and O–H groups in total.